The van der Waals surface area contributed by atoms with Gasteiger partial charge >= 0.3 is 0 Å². The molecule has 0 spiro atoms. The summed E-state index contributed by atoms with van der Waals surface area (Å²) in [5.41, 5.74) is 2.24. The first-order valence-corrected chi connectivity index (χ1v) is 6.52. The second-order valence-electron chi connectivity index (χ2n) is 4.49. The number of nitrogens with zero attached hydrogens (tertiary/aromatic N) is 2. The van der Waals surface area contributed by atoms with Crippen molar-refractivity contribution < 1.29 is 9.90 Å². The van der Waals surface area contributed by atoms with Crippen molar-refractivity contribution >= 4 is 16.9 Å². The molecule has 0 atom stereocenters. The Morgan fingerprint density at radius 2 is 2.26 bits per heavy atom. The van der Waals surface area contributed by atoms with E-state index in [1.165, 1.54) is 0 Å². The van der Waals surface area contributed by atoms with Gasteiger partial charge in [-0.25, -0.2) is 4.98 Å². The Balaban J connectivity index is 2.45. The Morgan fingerprint density at radius 1 is 1.47 bits per heavy atom. The molecule has 0 aliphatic rings. The number of aliphatic hydroxyl groups is 1. The van der Waals surface area contributed by atoms with Crippen LogP contribution < -0.4 is 5.32 Å². The Morgan fingerprint density at radius 3 is 2.95 bits per heavy atom. The van der Waals surface area contributed by atoms with Crippen molar-refractivity contribution in [3.05, 3.63) is 29.6 Å². The molecular weight excluding hydrogens is 242 g/mol. The molecule has 0 aliphatic carbocycles. The SMILES string of the molecule is CCCc1nc2c(C(=O)NCCO)cccc2n1C. The van der Waals surface area contributed by atoms with E-state index in [4.69, 9.17) is 5.11 Å². The van der Waals surface area contributed by atoms with Crippen molar-refractivity contribution in [2.24, 2.45) is 7.05 Å². The smallest absolute Gasteiger partial charge is 0.253 e. The van der Waals surface area contributed by atoms with Crippen molar-refractivity contribution in [1.82, 2.24) is 14.9 Å². The van der Waals surface area contributed by atoms with Crippen LogP contribution in [0, 0.1) is 0 Å². The second-order valence-corrected chi connectivity index (χ2v) is 4.49. The predicted octanol–water partition coefficient (Wildman–Crippen LogP) is 1.25. The molecule has 0 unspecified atom stereocenters. The van der Waals surface area contributed by atoms with E-state index in [9.17, 15) is 4.79 Å². The molecule has 1 aromatic heterocycles. The van der Waals surface area contributed by atoms with E-state index in [-0.39, 0.29) is 19.1 Å². The zero-order chi connectivity index (χ0) is 13.8. The van der Waals surface area contributed by atoms with Crippen LogP contribution >= 0.6 is 0 Å². The summed E-state index contributed by atoms with van der Waals surface area (Å²) in [7, 11) is 1.97. The monoisotopic (exact) mass is 261 g/mol. The summed E-state index contributed by atoms with van der Waals surface area (Å²) in [4.78, 5) is 16.6. The maximum atomic E-state index is 12.0. The van der Waals surface area contributed by atoms with Crippen molar-refractivity contribution in [1.29, 1.82) is 0 Å². The molecule has 2 aromatic rings. The Kier molecular flexibility index (Phi) is 4.16. The molecule has 0 bridgehead atoms. The summed E-state index contributed by atoms with van der Waals surface area (Å²) in [5.74, 6) is 0.792. The minimum Gasteiger partial charge on any atom is -0.395 e. The number of para-hydroxylation sites is 1. The van der Waals surface area contributed by atoms with Crippen LogP contribution in [0.15, 0.2) is 18.2 Å². The van der Waals surface area contributed by atoms with Crippen LogP contribution in [0.5, 0.6) is 0 Å². The third-order valence-corrected chi connectivity index (χ3v) is 3.12. The minimum absolute atomic E-state index is 0.0645. The number of carbonyl (C=O) groups excluding carboxylic acids is 1. The number of benzene rings is 1. The molecule has 102 valence electrons. The van der Waals surface area contributed by atoms with Crippen LogP contribution in [0.1, 0.15) is 29.5 Å². The third kappa shape index (κ3) is 2.61. The van der Waals surface area contributed by atoms with E-state index in [0.29, 0.717) is 5.56 Å². The van der Waals surface area contributed by atoms with Crippen LogP contribution in [0.2, 0.25) is 0 Å². The molecule has 5 heteroatoms. The highest BCUT2D eigenvalue weighted by molar-refractivity contribution is 6.05. The van der Waals surface area contributed by atoms with Gasteiger partial charge in [0.2, 0.25) is 0 Å². The number of aromatic nitrogens is 2. The van der Waals surface area contributed by atoms with Gasteiger partial charge in [-0.1, -0.05) is 13.0 Å². The van der Waals surface area contributed by atoms with Crippen molar-refractivity contribution in [2.45, 2.75) is 19.8 Å². The maximum absolute atomic E-state index is 12.0. The zero-order valence-corrected chi connectivity index (χ0v) is 11.3. The van der Waals surface area contributed by atoms with E-state index in [1.807, 2.05) is 23.7 Å². The summed E-state index contributed by atoms with van der Waals surface area (Å²) in [6.07, 6.45) is 1.91. The quantitative estimate of drug-likeness (QED) is 0.851. The molecule has 5 nitrogen and oxygen atoms in total. The Bertz CT molecular complexity index is 590. The van der Waals surface area contributed by atoms with Gasteiger partial charge in [0.15, 0.2) is 0 Å². The molecule has 0 aliphatic heterocycles. The number of amides is 1. The number of fused-ring (bicyclic) bond motifs is 1. The normalized spacial score (nSPS) is 10.9. The van der Waals surface area contributed by atoms with Crippen LogP contribution in [-0.4, -0.2) is 33.7 Å². The number of aryl methyl sites for hydroxylation is 2. The van der Waals surface area contributed by atoms with E-state index in [2.05, 4.69) is 17.2 Å². The third-order valence-electron chi connectivity index (χ3n) is 3.12. The average Bonchev–Trinajstić information content (AvgIpc) is 2.74. The number of imidazole rings is 1. The lowest BCUT2D eigenvalue weighted by Crippen LogP contribution is -2.26. The second kappa shape index (κ2) is 5.84. The highest BCUT2D eigenvalue weighted by Crippen LogP contribution is 2.20. The lowest BCUT2D eigenvalue weighted by atomic mass is 10.1. The van der Waals surface area contributed by atoms with E-state index in [1.54, 1.807) is 6.07 Å². The lowest BCUT2D eigenvalue weighted by molar-refractivity contribution is 0.0946. The standard InChI is InChI=1S/C14H19N3O2/c1-3-5-12-16-13-10(14(19)15-8-9-18)6-4-7-11(13)17(12)2/h4,6-7,18H,3,5,8-9H2,1-2H3,(H,15,19). The van der Waals surface area contributed by atoms with Gasteiger partial charge in [-0.3, -0.25) is 4.79 Å². The van der Waals surface area contributed by atoms with Gasteiger partial charge in [0.25, 0.3) is 5.91 Å². The molecule has 1 heterocycles. The Labute approximate surface area is 112 Å². The van der Waals surface area contributed by atoms with Crippen molar-refractivity contribution in [3.63, 3.8) is 0 Å². The molecule has 1 amide bonds. The first kappa shape index (κ1) is 13.5. The molecule has 0 radical (unpaired) electrons. The fourth-order valence-corrected chi connectivity index (χ4v) is 2.16. The van der Waals surface area contributed by atoms with E-state index >= 15 is 0 Å². The number of hydrogen-bond donors (Lipinski definition) is 2. The highest BCUT2D eigenvalue weighted by Gasteiger charge is 2.15. The van der Waals surface area contributed by atoms with Gasteiger partial charge in [0.05, 0.1) is 17.7 Å². The number of hydrogen-bond acceptors (Lipinski definition) is 3. The largest absolute Gasteiger partial charge is 0.395 e. The topological polar surface area (TPSA) is 67.2 Å². The fourth-order valence-electron chi connectivity index (χ4n) is 2.16. The molecule has 1 aromatic carbocycles. The van der Waals surface area contributed by atoms with Gasteiger partial charge in [0.1, 0.15) is 11.3 Å². The molecule has 2 N–H and O–H groups in total. The maximum Gasteiger partial charge on any atom is 0.253 e. The zero-order valence-electron chi connectivity index (χ0n) is 11.3. The van der Waals surface area contributed by atoms with Crippen molar-refractivity contribution in [2.75, 3.05) is 13.2 Å². The van der Waals surface area contributed by atoms with Gasteiger partial charge in [-0.2, -0.15) is 0 Å². The van der Waals surface area contributed by atoms with Gasteiger partial charge in [0, 0.05) is 20.0 Å². The summed E-state index contributed by atoms with van der Waals surface area (Å²) < 4.78 is 2.03. The predicted molar refractivity (Wildman–Crippen MR) is 74.1 cm³/mol. The fraction of sp³-hybridized carbons (Fsp3) is 0.429. The van der Waals surface area contributed by atoms with Crippen LogP contribution in [0.25, 0.3) is 11.0 Å². The molecule has 0 saturated carbocycles. The average molecular weight is 261 g/mol. The summed E-state index contributed by atoms with van der Waals surface area (Å²) in [6.45, 7) is 2.29. The van der Waals surface area contributed by atoms with Crippen LogP contribution in [0.3, 0.4) is 0 Å². The van der Waals surface area contributed by atoms with Crippen molar-refractivity contribution in [3.8, 4) is 0 Å². The Hall–Kier alpha value is -1.88. The summed E-state index contributed by atoms with van der Waals surface area (Å²) in [6, 6.07) is 5.58. The first-order chi connectivity index (χ1) is 9.19. The van der Waals surface area contributed by atoms with E-state index < -0.39 is 0 Å². The molecule has 19 heavy (non-hydrogen) atoms. The van der Waals surface area contributed by atoms with Gasteiger partial charge in [-0.05, 0) is 18.6 Å². The number of nitrogens with one attached hydrogen (secondary N) is 1. The summed E-state index contributed by atoms with van der Waals surface area (Å²) >= 11 is 0. The number of aliphatic hydroxyl groups excluding tert-OH is 1. The molecule has 0 saturated heterocycles. The molecule has 2 rings (SSSR count). The summed E-state index contributed by atoms with van der Waals surface area (Å²) in [5, 5.41) is 11.4. The highest BCUT2D eigenvalue weighted by atomic mass is 16.3. The number of carbonyl (C=O) groups is 1. The number of rotatable bonds is 5. The molecule has 0 fully saturated rings. The van der Waals surface area contributed by atoms with Crippen LogP contribution in [0.4, 0.5) is 0 Å². The van der Waals surface area contributed by atoms with Crippen LogP contribution in [-0.2, 0) is 13.5 Å². The lowest BCUT2D eigenvalue weighted by Gasteiger charge is -2.04. The van der Waals surface area contributed by atoms with E-state index in [0.717, 1.165) is 29.7 Å². The minimum atomic E-state index is -0.194. The molecular formula is C14H19N3O2. The first-order valence-electron chi connectivity index (χ1n) is 6.52. The van der Waals surface area contributed by atoms with Gasteiger partial charge < -0.3 is 15.0 Å². The van der Waals surface area contributed by atoms with Gasteiger partial charge in [-0.15, -0.1) is 0 Å².